The fraction of sp³-hybridized carbons (Fsp3) is 0.471. The Balaban J connectivity index is 1.42. The number of hydrogen-bond donors (Lipinski definition) is 0. The first-order valence-electron chi connectivity index (χ1n) is 8.17. The normalized spacial score (nSPS) is 17.8. The number of nitrogens with zero attached hydrogens (tertiary/aromatic N) is 3. The number of amides is 2. The summed E-state index contributed by atoms with van der Waals surface area (Å²) in [4.78, 5) is 29.0. The molecule has 1 unspecified atom stereocenters. The second-order valence-corrected chi connectivity index (χ2v) is 6.88. The second-order valence-electron chi connectivity index (χ2n) is 5.85. The molecule has 0 spiro atoms. The molecule has 1 aromatic heterocycles. The predicted molar refractivity (Wildman–Crippen MR) is 93.8 cm³/mol. The fourth-order valence-corrected chi connectivity index (χ4v) is 3.81. The molecule has 2 amide bonds. The van der Waals surface area contributed by atoms with Crippen LogP contribution in [0.3, 0.4) is 0 Å². The lowest BCUT2D eigenvalue weighted by Crippen LogP contribution is -2.31. The summed E-state index contributed by atoms with van der Waals surface area (Å²) in [6, 6.07) is 8.11. The summed E-state index contributed by atoms with van der Waals surface area (Å²) in [7, 11) is 0. The highest BCUT2D eigenvalue weighted by Crippen LogP contribution is 2.22. The van der Waals surface area contributed by atoms with E-state index in [-0.39, 0.29) is 5.91 Å². The van der Waals surface area contributed by atoms with Gasteiger partial charge in [-0.15, -0.1) is 0 Å². The Morgan fingerprint density at radius 2 is 2.00 bits per heavy atom. The van der Waals surface area contributed by atoms with Gasteiger partial charge in [0.15, 0.2) is 6.10 Å². The molecule has 0 bridgehead atoms. The van der Waals surface area contributed by atoms with E-state index in [0.29, 0.717) is 6.54 Å². The molecular weight excluding hydrogens is 326 g/mol. The summed E-state index contributed by atoms with van der Waals surface area (Å²) in [5.41, 5.74) is 2.15. The number of hydrogen-bond acceptors (Lipinski definition) is 5. The third kappa shape index (κ3) is 3.40. The van der Waals surface area contributed by atoms with Crippen molar-refractivity contribution in [2.45, 2.75) is 39.2 Å². The van der Waals surface area contributed by atoms with Crippen molar-refractivity contribution in [3.05, 3.63) is 30.1 Å². The molecule has 0 N–H and O–H groups in total. The number of imide groups is 1. The molecule has 128 valence electrons. The average molecular weight is 347 g/mol. The minimum absolute atomic E-state index is 0.227. The van der Waals surface area contributed by atoms with Gasteiger partial charge in [0.1, 0.15) is 5.82 Å². The molecule has 6 nitrogen and oxygen atoms in total. The number of carbonyl (C=O) groups is 2. The van der Waals surface area contributed by atoms with E-state index in [1.54, 1.807) is 18.9 Å². The van der Waals surface area contributed by atoms with Crippen LogP contribution in [0.2, 0.25) is 0 Å². The quantitative estimate of drug-likeness (QED) is 0.719. The molecule has 1 saturated heterocycles. The third-order valence-corrected chi connectivity index (χ3v) is 5.23. The maximum Gasteiger partial charge on any atom is 0.417 e. The van der Waals surface area contributed by atoms with Gasteiger partial charge >= 0.3 is 6.09 Å². The zero-order valence-electron chi connectivity index (χ0n) is 13.9. The Bertz CT molecular complexity index is 759. The molecule has 24 heavy (non-hydrogen) atoms. The van der Waals surface area contributed by atoms with Gasteiger partial charge in [-0.1, -0.05) is 18.6 Å². The first kappa shape index (κ1) is 16.8. The van der Waals surface area contributed by atoms with E-state index in [0.717, 1.165) is 41.9 Å². The number of ether oxygens (including phenoxy) is 1. The van der Waals surface area contributed by atoms with E-state index in [9.17, 15) is 9.59 Å². The molecule has 2 heterocycles. The summed E-state index contributed by atoms with van der Waals surface area (Å²) in [5.74, 6) is 1.74. The number of fused-ring (bicyclic) bond motifs is 1. The molecule has 1 aliphatic rings. The Morgan fingerprint density at radius 1 is 1.21 bits per heavy atom. The zero-order valence-corrected chi connectivity index (χ0v) is 14.7. The summed E-state index contributed by atoms with van der Waals surface area (Å²) in [6.45, 7) is 4.06. The van der Waals surface area contributed by atoms with Crippen molar-refractivity contribution < 1.29 is 14.3 Å². The summed E-state index contributed by atoms with van der Waals surface area (Å²) < 4.78 is 7.06. The van der Waals surface area contributed by atoms with Crippen molar-refractivity contribution >= 4 is 35.0 Å². The van der Waals surface area contributed by atoms with Gasteiger partial charge in [-0.05, 0) is 50.8 Å². The van der Waals surface area contributed by atoms with Crippen LogP contribution in [0, 0.1) is 6.92 Å². The van der Waals surface area contributed by atoms with Gasteiger partial charge in [0.25, 0.3) is 5.91 Å². The Hall–Kier alpha value is -2.02. The van der Waals surface area contributed by atoms with Crippen LogP contribution in [-0.2, 0) is 9.53 Å². The molecule has 0 saturated carbocycles. The number of aromatic nitrogens is 2. The zero-order chi connectivity index (χ0) is 17.1. The molecule has 2 aromatic rings. The molecule has 0 aliphatic carbocycles. The van der Waals surface area contributed by atoms with Crippen molar-refractivity contribution in [2.24, 2.45) is 0 Å². The van der Waals surface area contributed by atoms with Gasteiger partial charge in [-0.2, -0.15) is 0 Å². The Kier molecular flexibility index (Phi) is 5.08. The van der Waals surface area contributed by atoms with Gasteiger partial charge in [0, 0.05) is 12.3 Å². The van der Waals surface area contributed by atoms with E-state index in [1.165, 1.54) is 4.90 Å². The molecule has 0 radical (unpaired) electrons. The summed E-state index contributed by atoms with van der Waals surface area (Å²) in [6.07, 6.45) is 1.64. The lowest BCUT2D eigenvalue weighted by Gasteiger charge is -2.10. The van der Waals surface area contributed by atoms with E-state index >= 15 is 0 Å². The Morgan fingerprint density at radius 3 is 2.75 bits per heavy atom. The lowest BCUT2D eigenvalue weighted by molar-refractivity contribution is -0.129. The molecule has 3 rings (SSSR count). The predicted octanol–water partition coefficient (Wildman–Crippen LogP) is 3.38. The Labute approximate surface area is 145 Å². The van der Waals surface area contributed by atoms with E-state index in [1.807, 2.05) is 25.1 Å². The van der Waals surface area contributed by atoms with Crippen molar-refractivity contribution in [3.8, 4) is 0 Å². The maximum atomic E-state index is 11.7. The third-order valence-electron chi connectivity index (χ3n) is 4.03. The van der Waals surface area contributed by atoms with Gasteiger partial charge < -0.3 is 4.74 Å². The molecule has 7 heteroatoms. The summed E-state index contributed by atoms with van der Waals surface area (Å²) in [5, 5.41) is 0. The number of aryl methyl sites for hydroxylation is 1. The smallest absolute Gasteiger partial charge is 0.417 e. The van der Waals surface area contributed by atoms with Crippen molar-refractivity contribution in [2.75, 3.05) is 12.3 Å². The van der Waals surface area contributed by atoms with Crippen LogP contribution in [0.4, 0.5) is 4.79 Å². The SMILES string of the molecule is Cc1nc2ccccc2n1SCCCCCN1C(=O)OC(C)C1=O. The van der Waals surface area contributed by atoms with E-state index in [4.69, 9.17) is 4.74 Å². The topological polar surface area (TPSA) is 64.4 Å². The van der Waals surface area contributed by atoms with Crippen molar-refractivity contribution in [3.63, 3.8) is 0 Å². The molecule has 1 aromatic carbocycles. The second kappa shape index (κ2) is 7.25. The highest BCUT2D eigenvalue weighted by atomic mass is 32.2. The first-order valence-corrected chi connectivity index (χ1v) is 9.11. The molecule has 1 aliphatic heterocycles. The standard InChI is InChI=1S/C17H21N3O3S/c1-12-16(21)19(17(22)23-12)10-6-3-7-11-24-20-13(2)18-14-8-4-5-9-15(14)20/h4-5,8-9,12H,3,6-7,10-11H2,1-2H3. The largest absolute Gasteiger partial charge is 0.436 e. The number of para-hydroxylation sites is 2. The highest BCUT2D eigenvalue weighted by Gasteiger charge is 2.36. The van der Waals surface area contributed by atoms with E-state index < -0.39 is 12.2 Å². The monoisotopic (exact) mass is 347 g/mol. The minimum Gasteiger partial charge on any atom is -0.436 e. The van der Waals surface area contributed by atoms with Crippen LogP contribution in [0.5, 0.6) is 0 Å². The minimum atomic E-state index is -0.634. The number of cyclic esters (lactones) is 1. The highest BCUT2D eigenvalue weighted by molar-refractivity contribution is 7.98. The average Bonchev–Trinajstić information content (AvgIpc) is 3.00. The van der Waals surface area contributed by atoms with E-state index in [2.05, 4.69) is 15.0 Å². The van der Waals surface area contributed by atoms with Crippen LogP contribution in [0.25, 0.3) is 11.0 Å². The van der Waals surface area contributed by atoms with Crippen LogP contribution >= 0.6 is 11.9 Å². The van der Waals surface area contributed by atoms with Gasteiger partial charge in [-0.3, -0.25) is 8.77 Å². The number of rotatable bonds is 7. The molecule has 1 atom stereocenters. The number of unbranched alkanes of at least 4 members (excludes halogenated alkanes) is 2. The fourth-order valence-electron chi connectivity index (χ4n) is 2.77. The number of imidazole rings is 1. The number of benzene rings is 1. The first-order chi connectivity index (χ1) is 11.6. The maximum absolute atomic E-state index is 11.7. The number of carbonyl (C=O) groups excluding carboxylic acids is 2. The van der Waals surface area contributed by atoms with Crippen LogP contribution in [0.1, 0.15) is 32.0 Å². The molecular formula is C17H21N3O3S. The van der Waals surface area contributed by atoms with Crippen molar-refractivity contribution in [1.29, 1.82) is 0 Å². The van der Waals surface area contributed by atoms with Gasteiger partial charge in [0.05, 0.1) is 11.0 Å². The van der Waals surface area contributed by atoms with Crippen LogP contribution < -0.4 is 0 Å². The lowest BCUT2D eigenvalue weighted by atomic mass is 10.2. The van der Waals surface area contributed by atoms with Crippen molar-refractivity contribution in [1.82, 2.24) is 13.9 Å². The summed E-state index contributed by atoms with van der Waals surface area (Å²) >= 11 is 1.75. The van der Waals surface area contributed by atoms with Gasteiger partial charge in [-0.25, -0.2) is 14.7 Å². The van der Waals surface area contributed by atoms with Gasteiger partial charge in [0.2, 0.25) is 0 Å². The van der Waals surface area contributed by atoms with Crippen LogP contribution in [0.15, 0.2) is 24.3 Å². The molecule has 1 fully saturated rings. The van der Waals surface area contributed by atoms with Crippen LogP contribution in [-0.4, -0.2) is 44.3 Å².